The molecular weight excluding hydrogens is 679 g/mol. The molecule has 4 N–H and O–H groups in total. The molecule has 1 aromatic heterocycles. The Balaban J connectivity index is 0.973. The SMILES string of the molecule is Cn1c(CCc2ccc(C(=N)N)cc2)nc2cc(N(Cc3cccc4ccccc34)C(=O)CN3CCC(Nc4ccc(-c5ccccc5)cc4)CC3)ccc21. The number of carbonyl (C=O) groups excluding carboxylic acids is 1. The molecule has 8 heteroatoms. The molecule has 1 saturated heterocycles. The van der Waals surface area contributed by atoms with Gasteiger partial charge >= 0.3 is 0 Å². The van der Waals surface area contributed by atoms with E-state index in [1.807, 2.05) is 35.2 Å². The second kappa shape index (κ2) is 16.0. The van der Waals surface area contributed by atoms with Crippen molar-refractivity contribution in [1.82, 2.24) is 14.5 Å². The van der Waals surface area contributed by atoms with Crippen LogP contribution in [0.5, 0.6) is 0 Å². The monoisotopic (exact) mass is 725 g/mol. The smallest absolute Gasteiger partial charge is 0.241 e. The molecule has 7 aromatic rings. The Labute approximate surface area is 322 Å². The van der Waals surface area contributed by atoms with Crippen LogP contribution in [-0.2, 0) is 31.2 Å². The normalized spacial score (nSPS) is 13.6. The van der Waals surface area contributed by atoms with E-state index in [9.17, 15) is 4.79 Å². The van der Waals surface area contributed by atoms with Gasteiger partial charge in [0.1, 0.15) is 11.7 Å². The zero-order valence-electron chi connectivity index (χ0n) is 31.3. The number of anilines is 2. The topological polar surface area (TPSA) is 103 Å². The average Bonchev–Trinajstić information content (AvgIpc) is 3.54. The molecule has 2 heterocycles. The van der Waals surface area contributed by atoms with Gasteiger partial charge in [-0.2, -0.15) is 0 Å². The van der Waals surface area contributed by atoms with Gasteiger partial charge in [-0.05, 0) is 82.6 Å². The molecule has 8 rings (SSSR count). The van der Waals surface area contributed by atoms with Crippen molar-refractivity contribution in [2.24, 2.45) is 12.8 Å². The van der Waals surface area contributed by atoms with Crippen molar-refractivity contribution in [3.05, 3.63) is 162 Å². The number of nitrogen functional groups attached to an aromatic ring is 1. The summed E-state index contributed by atoms with van der Waals surface area (Å²) in [5, 5.41) is 13.7. The number of aryl methyl sites for hydroxylation is 3. The van der Waals surface area contributed by atoms with Gasteiger partial charge in [0.2, 0.25) is 5.91 Å². The molecule has 1 amide bonds. The molecule has 6 aromatic carbocycles. The zero-order valence-corrected chi connectivity index (χ0v) is 31.3. The predicted octanol–water partition coefficient (Wildman–Crippen LogP) is 8.57. The van der Waals surface area contributed by atoms with Gasteiger partial charge in [0.05, 0.1) is 24.1 Å². The summed E-state index contributed by atoms with van der Waals surface area (Å²) < 4.78 is 2.15. The van der Waals surface area contributed by atoms with E-state index in [-0.39, 0.29) is 11.7 Å². The molecule has 1 fully saturated rings. The molecule has 0 atom stereocenters. The number of imidazole rings is 1. The van der Waals surface area contributed by atoms with Gasteiger partial charge in [-0.25, -0.2) is 4.98 Å². The number of benzene rings is 6. The summed E-state index contributed by atoms with van der Waals surface area (Å²) in [7, 11) is 2.06. The number of aromatic nitrogens is 2. The summed E-state index contributed by atoms with van der Waals surface area (Å²) in [6.07, 6.45) is 3.53. The lowest BCUT2D eigenvalue weighted by Gasteiger charge is -2.34. The molecule has 276 valence electrons. The maximum atomic E-state index is 14.4. The molecule has 1 aliphatic rings. The summed E-state index contributed by atoms with van der Waals surface area (Å²) in [5.41, 5.74) is 15.0. The zero-order chi connectivity index (χ0) is 37.7. The molecule has 0 aliphatic carbocycles. The van der Waals surface area contributed by atoms with E-state index in [1.165, 1.54) is 16.7 Å². The van der Waals surface area contributed by atoms with Crippen LogP contribution >= 0.6 is 0 Å². The number of piperidine rings is 1. The lowest BCUT2D eigenvalue weighted by atomic mass is 10.0. The van der Waals surface area contributed by atoms with Crippen molar-refractivity contribution < 1.29 is 4.79 Å². The molecule has 1 aliphatic heterocycles. The van der Waals surface area contributed by atoms with E-state index in [4.69, 9.17) is 16.1 Å². The highest BCUT2D eigenvalue weighted by molar-refractivity contribution is 5.98. The van der Waals surface area contributed by atoms with E-state index in [0.29, 0.717) is 19.1 Å². The van der Waals surface area contributed by atoms with Crippen LogP contribution in [0.3, 0.4) is 0 Å². The van der Waals surface area contributed by atoms with E-state index in [0.717, 1.165) is 88.9 Å². The minimum absolute atomic E-state index is 0.0736. The first-order valence-electron chi connectivity index (χ1n) is 19.2. The van der Waals surface area contributed by atoms with Crippen LogP contribution in [-0.4, -0.2) is 51.9 Å². The number of carbonyl (C=O) groups is 1. The quantitative estimate of drug-likeness (QED) is 0.0866. The van der Waals surface area contributed by atoms with Crippen LogP contribution in [0.4, 0.5) is 11.4 Å². The van der Waals surface area contributed by atoms with Crippen LogP contribution in [0.2, 0.25) is 0 Å². The molecule has 0 spiro atoms. The molecule has 0 unspecified atom stereocenters. The number of nitrogens with two attached hydrogens (primary N) is 1. The van der Waals surface area contributed by atoms with Crippen LogP contribution < -0.4 is 16.0 Å². The maximum Gasteiger partial charge on any atom is 0.241 e. The van der Waals surface area contributed by atoms with Gasteiger partial charge in [-0.15, -0.1) is 0 Å². The summed E-state index contributed by atoms with van der Waals surface area (Å²) in [5.74, 6) is 1.14. The number of amides is 1. The maximum absolute atomic E-state index is 14.4. The van der Waals surface area contributed by atoms with Crippen molar-refractivity contribution in [1.29, 1.82) is 5.41 Å². The second-order valence-electron chi connectivity index (χ2n) is 14.6. The molecular formula is C47H47N7O. The van der Waals surface area contributed by atoms with Crippen molar-refractivity contribution in [2.75, 3.05) is 29.9 Å². The first-order valence-corrected chi connectivity index (χ1v) is 19.2. The molecule has 0 saturated carbocycles. The number of rotatable bonds is 12. The number of amidine groups is 1. The van der Waals surface area contributed by atoms with Gasteiger partial charge in [0.25, 0.3) is 0 Å². The van der Waals surface area contributed by atoms with Crippen molar-refractivity contribution in [2.45, 2.75) is 38.3 Å². The van der Waals surface area contributed by atoms with E-state index in [1.54, 1.807) is 0 Å². The fraction of sp³-hybridized carbons (Fsp3) is 0.213. The molecule has 0 radical (unpaired) electrons. The van der Waals surface area contributed by atoms with E-state index >= 15 is 0 Å². The minimum atomic E-state index is 0.0736. The number of nitrogens with one attached hydrogen (secondary N) is 2. The largest absolute Gasteiger partial charge is 0.384 e. The van der Waals surface area contributed by atoms with Crippen molar-refractivity contribution >= 4 is 44.9 Å². The first-order chi connectivity index (χ1) is 26.9. The van der Waals surface area contributed by atoms with E-state index in [2.05, 4.69) is 131 Å². The lowest BCUT2D eigenvalue weighted by molar-refractivity contribution is -0.120. The molecule has 0 bridgehead atoms. The second-order valence-corrected chi connectivity index (χ2v) is 14.6. The first kappa shape index (κ1) is 35.8. The Morgan fingerprint density at radius 2 is 1.53 bits per heavy atom. The number of likely N-dealkylation sites (tertiary alicyclic amines) is 1. The Morgan fingerprint density at radius 1 is 0.818 bits per heavy atom. The summed E-state index contributed by atoms with van der Waals surface area (Å²) in [6, 6.07) is 48.3. The van der Waals surface area contributed by atoms with Crippen molar-refractivity contribution in [3.63, 3.8) is 0 Å². The summed E-state index contributed by atoms with van der Waals surface area (Å²) >= 11 is 0. The third-order valence-electron chi connectivity index (χ3n) is 11.0. The third kappa shape index (κ3) is 8.15. The van der Waals surface area contributed by atoms with Gasteiger partial charge in [-0.3, -0.25) is 15.1 Å². The Hall–Kier alpha value is -6.25. The number of nitrogens with zero attached hydrogens (tertiary/aromatic N) is 4. The number of fused-ring (bicyclic) bond motifs is 2. The van der Waals surface area contributed by atoms with Gasteiger partial charge in [0.15, 0.2) is 0 Å². The average molecular weight is 726 g/mol. The Morgan fingerprint density at radius 3 is 2.29 bits per heavy atom. The fourth-order valence-electron chi connectivity index (χ4n) is 7.80. The highest BCUT2D eigenvalue weighted by Crippen LogP contribution is 2.28. The number of hydrogen-bond donors (Lipinski definition) is 3. The summed E-state index contributed by atoms with van der Waals surface area (Å²) in [4.78, 5) is 23.7. The van der Waals surface area contributed by atoms with Gasteiger partial charge < -0.3 is 20.5 Å². The predicted molar refractivity (Wildman–Crippen MR) is 226 cm³/mol. The third-order valence-corrected chi connectivity index (χ3v) is 11.0. The van der Waals surface area contributed by atoms with Crippen LogP contribution in [0.15, 0.2) is 140 Å². The fourth-order valence-corrected chi connectivity index (χ4v) is 7.80. The summed E-state index contributed by atoms with van der Waals surface area (Å²) in [6.45, 7) is 2.54. The van der Waals surface area contributed by atoms with E-state index < -0.39 is 0 Å². The van der Waals surface area contributed by atoms with Crippen LogP contribution in [0, 0.1) is 5.41 Å². The number of hydrogen-bond acceptors (Lipinski definition) is 5. The highest BCUT2D eigenvalue weighted by Gasteiger charge is 2.25. The van der Waals surface area contributed by atoms with Gasteiger partial charge in [-0.1, -0.05) is 109 Å². The van der Waals surface area contributed by atoms with Crippen LogP contribution in [0.1, 0.15) is 35.4 Å². The minimum Gasteiger partial charge on any atom is -0.384 e. The van der Waals surface area contributed by atoms with Crippen LogP contribution in [0.25, 0.3) is 32.9 Å². The Kier molecular flexibility index (Phi) is 10.4. The standard InChI is InChI=1S/C47H47N7O/c1-52-44-24-23-41(30-43(44)51-45(52)25-16-33-14-17-37(18-15-33)47(48)49)54(31-38-12-7-11-36-10-5-6-13-42(36)38)46(55)32-53-28-26-40(27-29-53)50-39-21-19-35(20-22-39)34-8-3-2-4-9-34/h2-15,17-24,30,40,50H,16,25-29,31-32H2,1H3,(H3,48,49). The Bertz CT molecular complexity index is 2420. The van der Waals surface area contributed by atoms with Gasteiger partial charge in [0, 0.05) is 49.5 Å². The lowest BCUT2D eigenvalue weighted by Crippen LogP contribution is -2.45. The highest BCUT2D eigenvalue weighted by atomic mass is 16.2. The molecule has 8 nitrogen and oxygen atoms in total. The molecule has 55 heavy (non-hydrogen) atoms. The van der Waals surface area contributed by atoms with Crippen molar-refractivity contribution in [3.8, 4) is 11.1 Å².